The van der Waals surface area contributed by atoms with Gasteiger partial charge in [0.05, 0.1) is 13.0 Å². The van der Waals surface area contributed by atoms with Crippen molar-refractivity contribution in [3.8, 4) is 0 Å². The molecule has 0 heterocycles. The molecule has 174 valence electrons. The first-order chi connectivity index (χ1) is 13.6. The molecular weight excluding hydrogens is 404 g/mol. The van der Waals surface area contributed by atoms with E-state index in [4.69, 9.17) is 24.6 Å². The van der Waals surface area contributed by atoms with Gasteiger partial charge in [-0.2, -0.15) is 8.42 Å². The van der Waals surface area contributed by atoms with E-state index >= 15 is 0 Å². The summed E-state index contributed by atoms with van der Waals surface area (Å²) in [6.45, 7) is 3.91. The van der Waals surface area contributed by atoms with Crippen LogP contribution in [0.25, 0.3) is 0 Å². The van der Waals surface area contributed by atoms with Crippen molar-refractivity contribution < 1.29 is 42.6 Å². The molecule has 0 aliphatic rings. The summed E-state index contributed by atoms with van der Waals surface area (Å²) < 4.78 is 35.6. The third kappa shape index (κ3) is 21.3. The Labute approximate surface area is 174 Å². The van der Waals surface area contributed by atoms with E-state index in [9.17, 15) is 18.0 Å². The van der Waals surface area contributed by atoms with Crippen molar-refractivity contribution in [2.75, 3.05) is 6.61 Å². The van der Waals surface area contributed by atoms with Crippen molar-refractivity contribution in [2.45, 2.75) is 102 Å². The van der Waals surface area contributed by atoms with Gasteiger partial charge in [-0.05, 0) is 12.8 Å². The largest absolute Gasteiger partial charge is 0.481 e. The Morgan fingerprint density at radius 2 is 1.28 bits per heavy atom. The molecule has 0 bridgehead atoms. The molecule has 0 aromatic heterocycles. The molecule has 0 aliphatic carbocycles. The number of ether oxygens (including phenoxy) is 1. The van der Waals surface area contributed by atoms with Crippen molar-refractivity contribution in [1.29, 1.82) is 0 Å². The molecule has 10 heteroatoms. The average Bonchev–Trinajstić information content (AvgIpc) is 2.63. The Hall–Kier alpha value is -1.23. The molecule has 29 heavy (non-hydrogen) atoms. The van der Waals surface area contributed by atoms with Crippen LogP contribution in [0.2, 0.25) is 0 Å². The van der Waals surface area contributed by atoms with E-state index in [-0.39, 0.29) is 6.61 Å². The Bertz CT molecular complexity index is 518. The van der Waals surface area contributed by atoms with E-state index in [2.05, 4.69) is 6.92 Å². The van der Waals surface area contributed by atoms with Crippen LogP contribution in [-0.2, 0) is 24.4 Å². The van der Waals surface area contributed by atoms with Crippen LogP contribution < -0.4 is 0 Å². The zero-order valence-corrected chi connectivity index (χ0v) is 18.4. The molecule has 0 aromatic rings. The predicted molar refractivity (Wildman–Crippen MR) is 109 cm³/mol. The zero-order valence-electron chi connectivity index (χ0n) is 17.6. The van der Waals surface area contributed by atoms with Gasteiger partial charge in [0, 0.05) is 0 Å². The topological polar surface area (TPSA) is 158 Å². The highest BCUT2D eigenvalue weighted by atomic mass is 32.2. The molecule has 0 spiro atoms. The van der Waals surface area contributed by atoms with Gasteiger partial charge in [0.2, 0.25) is 0 Å². The Morgan fingerprint density at radius 3 is 1.62 bits per heavy atom. The second-order valence-electron chi connectivity index (χ2n) is 6.84. The summed E-state index contributed by atoms with van der Waals surface area (Å²) in [5, 5.41) is 22.3. The Morgan fingerprint density at radius 1 is 0.862 bits per heavy atom. The minimum Gasteiger partial charge on any atom is -0.481 e. The first-order valence-electron chi connectivity index (χ1n) is 10.3. The van der Waals surface area contributed by atoms with E-state index in [0.29, 0.717) is 12.8 Å². The number of hydrogen-bond donors (Lipinski definition) is 4. The highest BCUT2D eigenvalue weighted by molar-refractivity contribution is 7.87. The number of carbonyl (C=O) groups is 2. The van der Waals surface area contributed by atoms with Gasteiger partial charge in [0.1, 0.15) is 0 Å². The summed E-state index contributed by atoms with van der Waals surface area (Å²) in [6.07, 6.45) is 9.39. The quantitative estimate of drug-likeness (QED) is 0.122. The third-order valence-electron chi connectivity index (χ3n) is 4.09. The minimum atomic E-state index is -4.78. The molecule has 0 radical (unpaired) electrons. The minimum absolute atomic E-state index is 0.0287. The lowest BCUT2D eigenvalue weighted by Crippen LogP contribution is -2.34. The van der Waals surface area contributed by atoms with Gasteiger partial charge in [-0.15, -0.1) is 0 Å². The fourth-order valence-electron chi connectivity index (χ4n) is 2.32. The average molecular weight is 443 g/mol. The number of esters is 1. The van der Waals surface area contributed by atoms with Crippen LogP contribution in [0.15, 0.2) is 0 Å². The molecule has 1 unspecified atom stereocenters. The lowest BCUT2D eigenvalue weighted by Gasteiger charge is -2.11. The van der Waals surface area contributed by atoms with Gasteiger partial charge in [-0.3, -0.25) is 14.1 Å². The SMILES string of the molecule is CCC(O)O.CCCCCCCCCCCCOC(=O)C(CC(=O)O)S(=O)(=O)O. The number of carbonyl (C=O) groups excluding carboxylic acids is 1. The van der Waals surface area contributed by atoms with Crippen LogP contribution in [0.1, 0.15) is 90.9 Å². The molecule has 0 fully saturated rings. The van der Waals surface area contributed by atoms with Gasteiger partial charge in [0.15, 0.2) is 11.5 Å². The molecule has 1 atom stereocenters. The van der Waals surface area contributed by atoms with E-state index in [1.807, 2.05) is 0 Å². The number of rotatable bonds is 16. The van der Waals surface area contributed by atoms with Gasteiger partial charge in [-0.1, -0.05) is 71.6 Å². The number of aliphatic carboxylic acids is 1. The fourth-order valence-corrected chi connectivity index (χ4v) is 2.99. The number of aliphatic hydroxyl groups is 2. The number of unbranched alkanes of at least 4 members (excludes halogenated alkanes) is 9. The summed E-state index contributed by atoms with van der Waals surface area (Å²) in [5.74, 6) is -2.70. The third-order valence-corrected chi connectivity index (χ3v) is 5.17. The highest BCUT2D eigenvalue weighted by Crippen LogP contribution is 2.11. The van der Waals surface area contributed by atoms with Crippen LogP contribution in [0.4, 0.5) is 0 Å². The first-order valence-corrected chi connectivity index (χ1v) is 11.8. The number of carboxylic acid groups (broad SMARTS) is 1. The van der Waals surface area contributed by atoms with Crippen LogP contribution >= 0.6 is 0 Å². The monoisotopic (exact) mass is 442 g/mol. The summed E-state index contributed by atoms with van der Waals surface area (Å²) in [6, 6.07) is 0. The van der Waals surface area contributed by atoms with E-state index in [0.717, 1.165) is 19.3 Å². The lowest BCUT2D eigenvalue weighted by molar-refractivity contribution is -0.147. The normalized spacial score (nSPS) is 12.2. The molecular formula is C19H38O9S. The maximum atomic E-state index is 11.6. The van der Waals surface area contributed by atoms with Gasteiger partial charge >= 0.3 is 11.9 Å². The lowest BCUT2D eigenvalue weighted by atomic mass is 10.1. The van der Waals surface area contributed by atoms with E-state index in [1.54, 1.807) is 6.92 Å². The van der Waals surface area contributed by atoms with E-state index in [1.165, 1.54) is 38.5 Å². The van der Waals surface area contributed by atoms with Crippen LogP contribution in [0, 0.1) is 0 Å². The smallest absolute Gasteiger partial charge is 0.327 e. The zero-order chi connectivity index (χ0) is 22.7. The van der Waals surface area contributed by atoms with Crippen LogP contribution in [0.5, 0.6) is 0 Å². The van der Waals surface area contributed by atoms with Crippen molar-refractivity contribution in [2.24, 2.45) is 0 Å². The Balaban J connectivity index is 0. The van der Waals surface area contributed by atoms with Crippen molar-refractivity contribution in [3.05, 3.63) is 0 Å². The van der Waals surface area contributed by atoms with Gasteiger partial charge < -0.3 is 20.1 Å². The maximum Gasteiger partial charge on any atom is 0.327 e. The Kier molecular flexibility index (Phi) is 19.4. The molecule has 0 aliphatic heterocycles. The summed E-state index contributed by atoms with van der Waals surface area (Å²) in [7, 11) is -4.78. The molecule has 4 N–H and O–H groups in total. The van der Waals surface area contributed by atoms with Crippen LogP contribution in [-0.4, -0.2) is 58.4 Å². The predicted octanol–water partition coefficient (Wildman–Crippen LogP) is 2.89. The molecule has 0 saturated carbocycles. The second-order valence-corrected chi connectivity index (χ2v) is 8.44. The summed E-state index contributed by atoms with van der Waals surface area (Å²) in [4.78, 5) is 22.1. The maximum absolute atomic E-state index is 11.6. The molecule has 0 rings (SSSR count). The number of aliphatic hydroxyl groups excluding tert-OH is 1. The second kappa shape index (κ2) is 18.8. The van der Waals surface area contributed by atoms with Crippen molar-refractivity contribution in [1.82, 2.24) is 0 Å². The summed E-state index contributed by atoms with van der Waals surface area (Å²) in [5.41, 5.74) is 0. The molecule has 9 nitrogen and oxygen atoms in total. The number of hydrogen-bond acceptors (Lipinski definition) is 7. The van der Waals surface area contributed by atoms with E-state index < -0.39 is 40.0 Å². The molecule has 0 saturated heterocycles. The number of carboxylic acids is 1. The summed E-state index contributed by atoms with van der Waals surface area (Å²) >= 11 is 0. The van der Waals surface area contributed by atoms with Gasteiger partial charge in [0.25, 0.3) is 10.1 Å². The van der Waals surface area contributed by atoms with Gasteiger partial charge in [-0.25, -0.2) is 0 Å². The fraction of sp³-hybridized carbons (Fsp3) is 0.895. The highest BCUT2D eigenvalue weighted by Gasteiger charge is 2.34. The standard InChI is InChI=1S/C16H30O7S.C3H8O2/c1-2-3-4-5-6-7-8-9-10-11-12-23-16(19)14(13-15(17)18)24(20,21)22;1-2-3(4)5/h14H,2-13H2,1H3,(H,17,18)(H,20,21,22);3-5H,2H2,1H3. The van der Waals surface area contributed by atoms with Crippen molar-refractivity contribution in [3.63, 3.8) is 0 Å². The first kappa shape index (κ1) is 30.0. The van der Waals surface area contributed by atoms with Crippen LogP contribution in [0.3, 0.4) is 0 Å². The molecule has 0 amide bonds. The van der Waals surface area contributed by atoms with Crippen molar-refractivity contribution >= 4 is 22.1 Å². The molecule has 0 aromatic carbocycles.